The van der Waals surface area contributed by atoms with Crippen LogP contribution in [0, 0.1) is 5.92 Å². The van der Waals surface area contributed by atoms with Crippen LogP contribution in [0.1, 0.15) is 47.7 Å². The number of aryl methyl sites for hydroxylation is 2. The predicted molar refractivity (Wildman–Crippen MR) is 88.0 cm³/mol. The number of piperidine rings is 1. The molecule has 1 saturated heterocycles. The normalized spacial score (nSPS) is 24.4. The molecule has 0 spiro atoms. The van der Waals surface area contributed by atoms with E-state index in [1.807, 2.05) is 11.0 Å². The Labute approximate surface area is 133 Å². The molecule has 0 radical (unpaired) electrons. The molecule has 2 unspecified atom stereocenters. The molecular weight excluding hydrogens is 284 g/mol. The van der Waals surface area contributed by atoms with E-state index < -0.39 is 0 Å². The van der Waals surface area contributed by atoms with Crippen molar-refractivity contribution >= 4 is 18.3 Å². The Morgan fingerprint density at radius 1 is 1.33 bits per heavy atom. The van der Waals surface area contributed by atoms with Gasteiger partial charge in [0.2, 0.25) is 0 Å². The fraction of sp³-hybridized carbons (Fsp3) is 0.588. The van der Waals surface area contributed by atoms with Crippen molar-refractivity contribution in [1.82, 2.24) is 4.90 Å². The maximum absolute atomic E-state index is 12.7. The summed E-state index contributed by atoms with van der Waals surface area (Å²) in [7, 11) is 0. The number of halogens is 1. The van der Waals surface area contributed by atoms with Crippen molar-refractivity contribution < 1.29 is 4.79 Å². The van der Waals surface area contributed by atoms with Gasteiger partial charge in [0.25, 0.3) is 5.91 Å². The Hall–Kier alpha value is -1.06. The van der Waals surface area contributed by atoms with Crippen molar-refractivity contribution in [2.75, 3.05) is 13.1 Å². The minimum Gasteiger partial charge on any atom is -0.334 e. The van der Waals surface area contributed by atoms with Crippen LogP contribution >= 0.6 is 12.4 Å². The Bertz CT molecular complexity index is 518. The van der Waals surface area contributed by atoms with E-state index in [0.29, 0.717) is 12.5 Å². The molecule has 1 heterocycles. The lowest BCUT2D eigenvalue weighted by Gasteiger charge is -2.38. The number of amides is 1. The molecule has 4 heteroatoms. The lowest BCUT2D eigenvalue weighted by Crippen LogP contribution is -2.49. The van der Waals surface area contributed by atoms with Gasteiger partial charge >= 0.3 is 0 Å². The number of nitrogens with zero attached hydrogens (tertiary/aromatic N) is 1. The number of likely N-dealkylation sites (tertiary alicyclic amines) is 1. The van der Waals surface area contributed by atoms with Crippen LogP contribution in [0.2, 0.25) is 0 Å². The predicted octanol–water partition coefficient (Wildman–Crippen LogP) is 2.80. The van der Waals surface area contributed by atoms with Crippen LogP contribution < -0.4 is 5.73 Å². The fourth-order valence-corrected chi connectivity index (χ4v) is 3.61. The summed E-state index contributed by atoms with van der Waals surface area (Å²) >= 11 is 0. The molecule has 3 nitrogen and oxygen atoms in total. The van der Waals surface area contributed by atoms with E-state index in [1.54, 1.807) is 0 Å². The van der Waals surface area contributed by atoms with Gasteiger partial charge in [-0.2, -0.15) is 0 Å². The van der Waals surface area contributed by atoms with Crippen molar-refractivity contribution in [1.29, 1.82) is 0 Å². The summed E-state index contributed by atoms with van der Waals surface area (Å²) in [4.78, 5) is 14.7. The van der Waals surface area contributed by atoms with E-state index in [-0.39, 0.29) is 24.4 Å². The molecule has 1 aromatic rings. The van der Waals surface area contributed by atoms with Crippen molar-refractivity contribution in [3.05, 3.63) is 34.9 Å². The molecule has 0 bridgehead atoms. The molecule has 0 aromatic heterocycles. The van der Waals surface area contributed by atoms with Crippen LogP contribution in [0.25, 0.3) is 0 Å². The molecule has 116 valence electrons. The zero-order valence-electron chi connectivity index (χ0n) is 12.7. The van der Waals surface area contributed by atoms with Crippen LogP contribution in [-0.2, 0) is 12.8 Å². The number of hydrogen-bond donors (Lipinski definition) is 1. The lowest BCUT2D eigenvalue weighted by atomic mass is 9.91. The van der Waals surface area contributed by atoms with Gasteiger partial charge in [-0.25, -0.2) is 0 Å². The molecule has 1 aromatic carbocycles. The van der Waals surface area contributed by atoms with E-state index in [2.05, 4.69) is 19.1 Å². The minimum atomic E-state index is 0. The number of carbonyl (C=O) groups excluding carboxylic acids is 1. The molecule has 3 rings (SSSR count). The zero-order valence-corrected chi connectivity index (χ0v) is 13.5. The first-order valence-corrected chi connectivity index (χ1v) is 7.82. The highest BCUT2D eigenvalue weighted by Gasteiger charge is 2.29. The molecule has 2 aliphatic rings. The summed E-state index contributed by atoms with van der Waals surface area (Å²) in [6.45, 7) is 3.67. The van der Waals surface area contributed by atoms with E-state index in [4.69, 9.17) is 5.73 Å². The molecule has 1 aliphatic heterocycles. The van der Waals surface area contributed by atoms with Gasteiger partial charge in [0, 0.05) is 24.7 Å². The summed E-state index contributed by atoms with van der Waals surface area (Å²) in [5.41, 5.74) is 9.50. The van der Waals surface area contributed by atoms with Gasteiger partial charge < -0.3 is 10.6 Å². The first-order valence-electron chi connectivity index (χ1n) is 7.82. The highest BCUT2D eigenvalue weighted by molar-refractivity contribution is 5.94. The lowest BCUT2D eigenvalue weighted by molar-refractivity contribution is 0.0573. The van der Waals surface area contributed by atoms with Crippen molar-refractivity contribution in [2.45, 2.75) is 45.1 Å². The molecule has 1 fully saturated rings. The number of benzene rings is 1. The average Bonchev–Trinajstić information content (AvgIpc) is 2.93. The van der Waals surface area contributed by atoms with Gasteiger partial charge in [-0.1, -0.05) is 13.0 Å². The van der Waals surface area contributed by atoms with Crippen molar-refractivity contribution in [3.63, 3.8) is 0 Å². The van der Waals surface area contributed by atoms with Crippen LogP contribution in [-0.4, -0.2) is 29.9 Å². The minimum absolute atomic E-state index is 0. The van der Waals surface area contributed by atoms with Gasteiger partial charge in [-0.3, -0.25) is 4.79 Å². The first kappa shape index (κ1) is 16.3. The van der Waals surface area contributed by atoms with Gasteiger partial charge in [-0.15, -0.1) is 12.4 Å². The third-order valence-electron chi connectivity index (χ3n) is 4.86. The topological polar surface area (TPSA) is 46.3 Å². The van der Waals surface area contributed by atoms with Crippen LogP contribution in [0.3, 0.4) is 0 Å². The Morgan fingerprint density at radius 3 is 2.86 bits per heavy atom. The Kier molecular flexibility index (Phi) is 5.28. The summed E-state index contributed by atoms with van der Waals surface area (Å²) in [5.74, 6) is 0.842. The number of rotatable bonds is 2. The summed E-state index contributed by atoms with van der Waals surface area (Å²) in [6.07, 6.45) is 5.63. The summed E-state index contributed by atoms with van der Waals surface area (Å²) in [5, 5.41) is 0. The maximum Gasteiger partial charge on any atom is 0.254 e. The van der Waals surface area contributed by atoms with Gasteiger partial charge in [-0.05, 0) is 61.3 Å². The summed E-state index contributed by atoms with van der Waals surface area (Å²) < 4.78 is 0. The summed E-state index contributed by atoms with van der Waals surface area (Å²) in [6, 6.07) is 6.45. The molecule has 2 atom stereocenters. The van der Waals surface area contributed by atoms with Gasteiger partial charge in [0.15, 0.2) is 0 Å². The SMILES string of the molecule is CC1CCN(C(=O)c2ccc3c(c2)CCC3)C(CN)C1.Cl. The average molecular weight is 309 g/mol. The third-order valence-corrected chi connectivity index (χ3v) is 4.86. The first-order chi connectivity index (χ1) is 9.69. The highest BCUT2D eigenvalue weighted by atomic mass is 35.5. The number of carbonyl (C=O) groups is 1. The van der Waals surface area contributed by atoms with E-state index in [1.165, 1.54) is 17.5 Å². The second-order valence-corrected chi connectivity index (χ2v) is 6.35. The van der Waals surface area contributed by atoms with Crippen LogP contribution in [0.5, 0.6) is 0 Å². The number of hydrogen-bond acceptors (Lipinski definition) is 2. The van der Waals surface area contributed by atoms with Crippen molar-refractivity contribution in [2.24, 2.45) is 11.7 Å². The van der Waals surface area contributed by atoms with Crippen LogP contribution in [0.15, 0.2) is 18.2 Å². The van der Waals surface area contributed by atoms with E-state index in [0.717, 1.165) is 37.8 Å². The van der Waals surface area contributed by atoms with Gasteiger partial charge in [0.1, 0.15) is 0 Å². The third kappa shape index (κ3) is 3.24. The largest absolute Gasteiger partial charge is 0.334 e. The molecule has 1 amide bonds. The highest BCUT2D eigenvalue weighted by Crippen LogP contribution is 2.26. The quantitative estimate of drug-likeness (QED) is 0.913. The zero-order chi connectivity index (χ0) is 14.1. The maximum atomic E-state index is 12.7. The second-order valence-electron chi connectivity index (χ2n) is 6.35. The Morgan fingerprint density at radius 2 is 2.10 bits per heavy atom. The fourth-order valence-electron chi connectivity index (χ4n) is 3.61. The van der Waals surface area contributed by atoms with E-state index in [9.17, 15) is 4.79 Å². The smallest absolute Gasteiger partial charge is 0.254 e. The molecule has 21 heavy (non-hydrogen) atoms. The van der Waals surface area contributed by atoms with Crippen LogP contribution in [0.4, 0.5) is 0 Å². The molecular formula is C17H25ClN2O. The van der Waals surface area contributed by atoms with Gasteiger partial charge in [0.05, 0.1) is 0 Å². The molecule has 1 aliphatic carbocycles. The molecule has 2 N–H and O–H groups in total. The number of fused-ring (bicyclic) bond motifs is 1. The second kappa shape index (κ2) is 6.80. The standard InChI is InChI=1S/C17H24N2O.ClH/c1-12-7-8-19(16(9-12)11-18)17(20)15-6-5-13-3-2-4-14(13)10-15;/h5-6,10,12,16H,2-4,7-9,11,18H2,1H3;1H. The number of nitrogens with two attached hydrogens (primary N) is 1. The molecule has 0 saturated carbocycles. The van der Waals surface area contributed by atoms with Crippen molar-refractivity contribution in [3.8, 4) is 0 Å². The monoisotopic (exact) mass is 308 g/mol. The van der Waals surface area contributed by atoms with E-state index >= 15 is 0 Å². The Balaban J connectivity index is 0.00000161.